The fraction of sp³-hybridized carbons (Fsp3) is 0.667. The predicted octanol–water partition coefficient (Wildman–Crippen LogP) is 2.95. The van der Waals surface area contributed by atoms with Crippen LogP contribution in [0, 0.1) is 26.7 Å². The Morgan fingerprint density at radius 3 is 1.29 bits per heavy atom. The summed E-state index contributed by atoms with van der Waals surface area (Å²) in [7, 11) is -24.9. The average molecular weight is 1460 g/mol. The van der Waals surface area contributed by atoms with Gasteiger partial charge in [-0.25, -0.2) is 42.6 Å². The lowest BCUT2D eigenvalue weighted by molar-refractivity contribution is -0.0600. The Bertz CT molecular complexity index is 4280. The number of hydrogen-bond donors (Lipinski definition) is 8. The van der Waals surface area contributed by atoms with Gasteiger partial charge in [0.15, 0.2) is 11.2 Å². The highest BCUT2D eigenvalue weighted by Gasteiger charge is 2.49. The maximum atomic E-state index is 14.7. The lowest BCUT2D eigenvalue weighted by Gasteiger charge is -2.26. The first kappa shape index (κ1) is 75.0. The minimum Gasteiger partial charge on any atom is -0.349 e. The molecule has 534 valence electrons. The van der Waals surface area contributed by atoms with Crippen molar-refractivity contribution in [2.24, 2.45) is 5.92 Å². The minimum atomic E-state index is -5.40. The Kier molecular flexibility index (Phi) is 24.3. The number of hydrogen-bond acceptors (Lipinski definition) is 28. The molecule has 0 spiro atoms. The van der Waals surface area contributed by atoms with Crippen molar-refractivity contribution in [3.63, 3.8) is 0 Å². The van der Waals surface area contributed by atoms with Gasteiger partial charge in [-0.05, 0) is 46.0 Å². The maximum Gasteiger partial charge on any atom is 0.472 e. The summed E-state index contributed by atoms with van der Waals surface area (Å²) in [5, 5.41) is 0. The van der Waals surface area contributed by atoms with Crippen LogP contribution in [0.4, 0.5) is 0 Å². The number of fused-ring (bicyclic) bond motifs is 1. The highest BCUT2D eigenvalue weighted by atomic mass is 31.2. The number of phosphoric ester groups is 4. The Morgan fingerprint density at radius 2 is 0.875 bits per heavy atom. The van der Waals surface area contributed by atoms with E-state index in [0.29, 0.717) is 25.7 Å². The van der Waals surface area contributed by atoms with Crippen molar-refractivity contribution in [2.45, 2.75) is 167 Å². The van der Waals surface area contributed by atoms with E-state index in [0.717, 1.165) is 45.3 Å². The van der Waals surface area contributed by atoms with Gasteiger partial charge in [-0.15, -0.1) is 0 Å². The van der Waals surface area contributed by atoms with Crippen LogP contribution in [-0.4, -0.2) is 163 Å². The third-order valence-electron chi connectivity index (χ3n) is 15.5. The number of ether oxygens (including phenoxy) is 4. The molecule has 4 fully saturated rings. The third-order valence-corrected chi connectivity index (χ3v) is 20.8. The third kappa shape index (κ3) is 19.4. The van der Waals surface area contributed by atoms with Crippen LogP contribution in [0.3, 0.4) is 0 Å². The molecule has 8 N–H and O–H groups in total. The van der Waals surface area contributed by atoms with E-state index in [4.69, 9.17) is 64.2 Å². The van der Waals surface area contributed by atoms with E-state index < -0.39 is 191 Å². The van der Waals surface area contributed by atoms with Crippen molar-refractivity contribution in [1.82, 2.24) is 48.2 Å². The average Bonchev–Trinajstić information content (AvgIpc) is 1.64. The molecule has 4 aliphatic heterocycles. The fourth-order valence-corrected chi connectivity index (χ4v) is 15.5. The summed E-state index contributed by atoms with van der Waals surface area (Å²) >= 11 is 0. The topological polar surface area (TPSA) is 524 Å². The van der Waals surface area contributed by atoms with Crippen LogP contribution in [0.2, 0.25) is 0 Å². The molecule has 4 aliphatic rings. The Labute approximate surface area is 542 Å². The second kappa shape index (κ2) is 31.2. The molecule has 40 nitrogen and oxygen atoms in total. The first-order valence-electron chi connectivity index (χ1n) is 30.1. The van der Waals surface area contributed by atoms with Crippen LogP contribution < -0.4 is 39.3 Å². The predicted molar refractivity (Wildman–Crippen MR) is 327 cm³/mol. The number of phosphoric acid groups is 4. The first-order chi connectivity index (χ1) is 45.1. The highest BCUT2D eigenvalue weighted by molar-refractivity contribution is 7.53. The van der Waals surface area contributed by atoms with Gasteiger partial charge in [0.05, 0.1) is 58.4 Å². The number of nitrogens with zero attached hydrogens (tertiary/aromatic N) is 6. The van der Waals surface area contributed by atoms with Gasteiger partial charge in [-0.1, -0.05) is 27.2 Å². The zero-order valence-corrected chi connectivity index (χ0v) is 57.1. The number of nitrogens with one attached hydrogen (secondary N) is 4. The minimum absolute atomic E-state index is 0.000495. The standard InChI is InChI=1S/C51H75N10O30P5/c1-8-9-12-79-94(72,73)89-33-16-40(59-19-29(5)46(63)56-50(59)67)86-38(33)24-83-96(76,77)90-32-15-39(58-18-28(4)45(62)55-49(58)66)84-35(32)21-80-92(7,69)88-31-14-42(61-26-54-43-44(61)52-25-53-48(43)65)87-36(31)23-82-95(74,75)91-34-17-41(60-20-30(6)47(64)57-51(60)68)85-37(34)22-81-93(70,71)78-13-10-11-27(2)3/h18-20,25-27,31-42H,8-17,21-24H2,1-7H3,(H,70,71)(H,72,73)(H,74,75)(H,76,77)(H,52,53,65)(H,55,62,66)(H,56,63,67)(H,57,64,68)/t31-,32-,33-,34-,35-,36-,37-,38-,39-,40-,41-,42-,92?/m1/s1. The fourth-order valence-electron chi connectivity index (χ4n) is 10.6. The Morgan fingerprint density at radius 1 is 0.510 bits per heavy atom. The van der Waals surface area contributed by atoms with Crippen LogP contribution in [0.1, 0.15) is 114 Å². The smallest absolute Gasteiger partial charge is 0.349 e. The number of unbranched alkanes of at least 4 members (excludes halogenated alkanes) is 1. The Hall–Kier alpha value is -5.18. The molecule has 0 bridgehead atoms. The van der Waals surface area contributed by atoms with Crippen LogP contribution in [0.5, 0.6) is 0 Å². The molecule has 45 heteroatoms. The van der Waals surface area contributed by atoms with Gasteiger partial charge < -0.3 is 52.6 Å². The van der Waals surface area contributed by atoms with Crippen LogP contribution in [0.25, 0.3) is 11.2 Å². The number of aromatic amines is 4. The second-order valence-electron chi connectivity index (χ2n) is 23.4. The largest absolute Gasteiger partial charge is 0.472 e. The summed E-state index contributed by atoms with van der Waals surface area (Å²) < 4.78 is 152. The first-order valence-corrected chi connectivity index (χ1v) is 38.0. The summed E-state index contributed by atoms with van der Waals surface area (Å²) in [6, 6.07) is 0. The van der Waals surface area contributed by atoms with Gasteiger partial charge in [0.2, 0.25) is 0 Å². The molecular formula is C51H75N10O30P5. The van der Waals surface area contributed by atoms with Crippen molar-refractivity contribution in [3.05, 3.63) is 121 Å². The zero-order chi connectivity index (χ0) is 69.8. The van der Waals surface area contributed by atoms with E-state index in [9.17, 15) is 76.0 Å². The molecule has 17 atom stereocenters. The van der Waals surface area contributed by atoms with E-state index in [2.05, 4.69) is 29.9 Å². The summed E-state index contributed by atoms with van der Waals surface area (Å²) in [5.41, 5.74) is -5.56. The van der Waals surface area contributed by atoms with E-state index in [1.807, 2.05) is 13.8 Å². The molecule has 0 aliphatic carbocycles. The van der Waals surface area contributed by atoms with E-state index in [1.54, 1.807) is 6.92 Å². The molecule has 5 unspecified atom stereocenters. The van der Waals surface area contributed by atoms with Gasteiger partial charge in [0.25, 0.3) is 22.2 Å². The molecule has 9 rings (SSSR count). The maximum absolute atomic E-state index is 14.7. The van der Waals surface area contributed by atoms with Crippen molar-refractivity contribution in [1.29, 1.82) is 0 Å². The zero-order valence-electron chi connectivity index (χ0n) is 52.6. The van der Waals surface area contributed by atoms with Crippen molar-refractivity contribution >= 4 is 50.1 Å². The summed E-state index contributed by atoms with van der Waals surface area (Å²) in [6.45, 7) is 7.04. The number of aryl methyl sites for hydroxylation is 3. The summed E-state index contributed by atoms with van der Waals surface area (Å²) in [6.07, 6.45) is -11.1. The molecule has 5 aromatic heterocycles. The van der Waals surface area contributed by atoms with Crippen LogP contribution >= 0.6 is 38.9 Å². The number of imidazole rings is 1. The number of aromatic nitrogens is 10. The van der Waals surface area contributed by atoms with Crippen molar-refractivity contribution in [3.8, 4) is 0 Å². The van der Waals surface area contributed by atoms with E-state index in [1.165, 1.54) is 31.7 Å². The summed E-state index contributed by atoms with van der Waals surface area (Å²) in [5.74, 6) is 0.261. The van der Waals surface area contributed by atoms with Crippen LogP contribution in [0.15, 0.2) is 64.8 Å². The molecule has 0 saturated carbocycles. The SMILES string of the molecule is CCCCOP(=O)(O)O[C@@H]1C[C@H](n2cc(C)c(=O)[nH]c2=O)O[C@@H]1COP(=O)(O)O[C@@H]1C[C@H](n2cc(C)c(=O)[nH]c2=O)O[C@@H]1COP(C)(=O)O[C@@H]1C[C@H](n2cnc3c(=O)[nH]cnc32)O[C@@H]1COP(=O)(O)O[C@@H]1C[C@H](n2cc(C)c(=O)[nH]c2=O)O[C@@H]1COP(=O)(O)OCCCC(C)C. The second-order valence-corrected chi connectivity index (χ2v) is 31.1. The van der Waals surface area contributed by atoms with E-state index >= 15 is 0 Å². The Balaban J connectivity index is 0.919. The molecule has 0 radical (unpaired) electrons. The molecule has 9 heterocycles. The number of rotatable bonds is 33. The van der Waals surface area contributed by atoms with Gasteiger partial charge in [0, 0.05) is 67.6 Å². The molecule has 0 aromatic carbocycles. The van der Waals surface area contributed by atoms with Crippen molar-refractivity contribution in [2.75, 3.05) is 46.3 Å². The monoisotopic (exact) mass is 1460 g/mol. The lowest BCUT2D eigenvalue weighted by atomic mass is 10.1. The van der Waals surface area contributed by atoms with Crippen LogP contribution in [-0.2, 0) is 87.0 Å². The molecule has 0 amide bonds. The quantitative estimate of drug-likeness (QED) is 0.0221. The number of H-pyrrole nitrogens is 4. The van der Waals surface area contributed by atoms with Gasteiger partial charge >= 0.3 is 56.0 Å². The van der Waals surface area contributed by atoms with Gasteiger partial charge in [0.1, 0.15) is 67.6 Å². The molecule has 5 aromatic rings. The molecule has 4 saturated heterocycles. The normalized spacial score (nSPS) is 27.8. The lowest BCUT2D eigenvalue weighted by Crippen LogP contribution is -2.33. The molecular weight excluding hydrogens is 1390 g/mol. The van der Waals surface area contributed by atoms with Crippen molar-refractivity contribution < 1.29 is 107 Å². The summed E-state index contributed by atoms with van der Waals surface area (Å²) in [4.78, 5) is 150. The molecule has 96 heavy (non-hydrogen) atoms. The van der Waals surface area contributed by atoms with Gasteiger partial charge in [-0.3, -0.25) is 93.2 Å². The highest BCUT2D eigenvalue weighted by Crippen LogP contribution is 2.55. The van der Waals surface area contributed by atoms with E-state index in [-0.39, 0.29) is 59.8 Å². The van der Waals surface area contributed by atoms with Gasteiger partial charge in [-0.2, -0.15) is 0 Å².